The number of H-pyrrole nitrogens is 1. The van der Waals surface area contributed by atoms with Crippen molar-refractivity contribution in [3.8, 4) is 0 Å². The van der Waals surface area contributed by atoms with Crippen LogP contribution < -0.4 is 0 Å². The van der Waals surface area contributed by atoms with Crippen molar-refractivity contribution in [1.29, 1.82) is 0 Å². The number of nitrogens with zero attached hydrogens (tertiary/aromatic N) is 3. The van der Waals surface area contributed by atoms with Crippen LogP contribution in [0.5, 0.6) is 0 Å². The molecule has 7 nitrogen and oxygen atoms in total. The zero-order chi connectivity index (χ0) is 14.7. The summed E-state index contributed by atoms with van der Waals surface area (Å²) in [6, 6.07) is 0. The van der Waals surface area contributed by atoms with Gasteiger partial charge >= 0.3 is 0 Å². The van der Waals surface area contributed by atoms with Gasteiger partial charge in [-0.1, -0.05) is 0 Å². The minimum atomic E-state index is -0.152. The highest BCUT2D eigenvalue weighted by Gasteiger charge is 2.28. The maximum absolute atomic E-state index is 12.4. The Balaban J connectivity index is 1.56. The average molecular weight is 294 g/mol. The molecule has 1 N–H and O–H groups in total. The van der Waals surface area contributed by atoms with Crippen LogP contribution in [0.2, 0.25) is 0 Å². The second-order valence-corrected chi connectivity index (χ2v) is 5.54. The van der Waals surface area contributed by atoms with Gasteiger partial charge in [-0.25, -0.2) is 4.98 Å². The smallest absolute Gasteiger partial charge is 0.236 e. The van der Waals surface area contributed by atoms with Gasteiger partial charge in [0, 0.05) is 31.5 Å². The Kier molecular flexibility index (Phi) is 4.52. The van der Waals surface area contributed by atoms with Crippen molar-refractivity contribution in [3.05, 3.63) is 17.7 Å². The summed E-state index contributed by atoms with van der Waals surface area (Å²) >= 11 is 0. The van der Waals surface area contributed by atoms with Gasteiger partial charge in [-0.2, -0.15) is 0 Å². The molecular formula is C14H22N4O3. The van der Waals surface area contributed by atoms with E-state index in [-0.39, 0.29) is 12.0 Å². The van der Waals surface area contributed by atoms with Gasteiger partial charge < -0.3 is 19.4 Å². The maximum atomic E-state index is 12.4. The summed E-state index contributed by atoms with van der Waals surface area (Å²) in [6.07, 6.45) is 1.63. The number of carbonyl (C=O) groups excluding carboxylic acids is 1. The highest BCUT2D eigenvalue weighted by Crippen LogP contribution is 2.19. The van der Waals surface area contributed by atoms with Crippen LogP contribution in [0.15, 0.2) is 6.20 Å². The highest BCUT2D eigenvalue weighted by molar-refractivity contribution is 5.78. The Morgan fingerprint density at radius 2 is 2.19 bits per heavy atom. The third-order valence-corrected chi connectivity index (χ3v) is 3.91. The molecule has 2 aliphatic rings. The largest absolute Gasteiger partial charge is 0.379 e. The first-order valence-electron chi connectivity index (χ1n) is 7.43. The number of ether oxygens (including phenoxy) is 2. The number of aromatic amines is 1. The van der Waals surface area contributed by atoms with Crippen molar-refractivity contribution in [1.82, 2.24) is 19.8 Å². The molecule has 0 bridgehead atoms. The summed E-state index contributed by atoms with van der Waals surface area (Å²) in [6.45, 7) is 7.28. The van der Waals surface area contributed by atoms with Crippen LogP contribution in [0.4, 0.5) is 0 Å². The lowest BCUT2D eigenvalue weighted by molar-refractivity contribution is -0.141. The quantitative estimate of drug-likeness (QED) is 0.846. The van der Waals surface area contributed by atoms with E-state index < -0.39 is 0 Å². The molecular weight excluding hydrogens is 272 g/mol. The molecule has 3 rings (SSSR count). The predicted molar refractivity (Wildman–Crippen MR) is 75.9 cm³/mol. The summed E-state index contributed by atoms with van der Waals surface area (Å²) < 4.78 is 11.0. The molecule has 2 fully saturated rings. The first kappa shape index (κ1) is 14.5. The van der Waals surface area contributed by atoms with E-state index in [0.717, 1.165) is 24.6 Å². The highest BCUT2D eigenvalue weighted by atomic mass is 16.5. The second kappa shape index (κ2) is 6.55. The molecule has 0 spiro atoms. The normalized spacial score (nSPS) is 24.2. The number of morpholine rings is 2. The number of carbonyl (C=O) groups is 1. The third kappa shape index (κ3) is 3.61. The van der Waals surface area contributed by atoms with Crippen LogP contribution in [-0.2, 0) is 14.3 Å². The standard InChI is InChI=1S/C14H22N4O3/c1-11-8-15-14(16-11)12-9-18(4-7-21-12)13(19)10-17-2-5-20-6-3-17/h8,12H,2-7,9-10H2,1H3,(H,15,16). The molecule has 1 atom stereocenters. The van der Waals surface area contributed by atoms with Crippen LogP contribution in [0.1, 0.15) is 17.6 Å². The molecule has 3 heterocycles. The van der Waals surface area contributed by atoms with E-state index >= 15 is 0 Å². The summed E-state index contributed by atoms with van der Waals surface area (Å²) in [5.74, 6) is 0.963. The van der Waals surface area contributed by atoms with Gasteiger partial charge in [0.1, 0.15) is 11.9 Å². The molecule has 116 valence electrons. The topological polar surface area (TPSA) is 70.7 Å². The predicted octanol–water partition coefficient (Wildman–Crippen LogP) is -0.0498. The van der Waals surface area contributed by atoms with Crippen molar-refractivity contribution in [2.75, 3.05) is 52.5 Å². The first-order valence-corrected chi connectivity index (χ1v) is 7.43. The second-order valence-electron chi connectivity index (χ2n) is 5.54. The van der Waals surface area contributed by atoms with Gasteiger partial charge in [0.15, 0.2) is 0 Å². The number of rotatable bonds is 3. The van der Waals surface area contributed by atoms with Crippen molar-refractivity contribution >= 4 is 5.91 Å². The fourth-order valence-corrected chi connectivity index (χ4v) is 2.69. The maximum Gasteiger partial charge on any atom is 0.236 e. The molecule has 1 unspecified atom stereocenters. The van der Waals surface area contributed by atoms with Crippen molar-refractivity contribution in [2.45, 2.75) is 13.0 Å². The first-order chi connectivity index (χ1) is 10.2. The van der Waals surface area contributed by atoms with E-state index in [2.05, 4.69) is 14.9 Å². The SMILES string of the molecule is Cc1cnc(C2CN(C(=O)CN3CCOCC3)CCO2)[nH]1. The molecule has 1 amide bonds. The number of imidazole rings is 1. The molecule has 21 heavy (non-hydrogen) atoms. The fraction of sp³-hybridized carbons (Fsp3) is 0.714. The van der Waals surface area contributed by atoms with E-state index in [9.17, 15) is 4.79 Å². The molecule has 2 saturated heterocycles. The summed E-state index contributed by atoms with van der Waals surface area (Å²) in [5.41, 5.74) is 1.00. The third-order valence-electron chi connectivity index (χ3n) is 3.91. The van der Waals surface area contributed by atoms with Crippen LogP contribution in [0.3, 0.4) is 0 Å². The monoisotopic (exact) mass is 294 g/mol. The van der Waals surface area contributed by atoms with Gasteiger partial charge in [-0.15, -0.1) is 0 Å². The Hall–Kier alpha value is -1.44. The van der Waals surface area contributed by atoms with E-state index in [4.69, 9.17) is 9.47 Å². The van der Waals surface area contributed by atoms with E-state index in [1.54, 1.807) is 6.20 Å². The van der Waals surface area contributed by atoms with Gasteiger partial charge in [-0.05, 0) is 6.92 Å². The summed E-state index contributed by atoms with van der Waals surface area (Å²) in [4.78, 5) is 23.9. The van der Waals surface area contributed by atoms with Crippen molar-refractivity contribution in [3.63, 3.8) is 0 Å². The van der Waals surface area contributed by atoms with Gasteiger partial charge in [-0.3, -0.25) is 9.69 Å². The number of hydrogen-bond donors (Lipinski definition) is 1. The van der Waals surface area contributed by atoms with Gasteiger partial charge in [0.25, 0.3) is 0 Å². The zero-order valence-electron chi connectivity index (χ0n) is 12.4. The molecule has 1 aromatic rings. The summed E-state index contributed by atoms with van der Waals surface area (Å²) in [5, 5.41) is 0. The van der Waals surface area contributed by atoms with Crippen molar-refractivity contribution < 1.29 is 14.3 Å². The number of aryl methyl sites for hydroxylation is 1. The van der Waals surface area contributed by atoms with Crippen LogP contribution in [0.25, 0.3) is 0 Å². The number of nitrogens with one attached hydrogen (secondary N) is 1. The number of hydrogen-bond acceptors (Lipinski definition) is 5. The average Bonchev–Trinajstić information content (AvgIpc) is 2.95. The lowest BCUT2D eigenvalue weighted by Gasteiger charge is -2.34. The minimum Gasteiger partial charge on any atom is -0.379 e. The van der Waals surface area contributed by atoms with E-state index in [0.29, 0.717) is 39.5 Å². The molecule has 0 aromatic carbocycles. The Morgan fingerprint density at radius 3 is 2.90 bits per heavy atom. The van der Waals surface area contributed by atoms with Gasteiger partial charge in [0.2, 0.25) is 5.91 Å². The zero-order valence-corrected chi connectivity index (χ0v) is 12.4. The van der Waals surface area contributed by atoms with E-state index in [1.807, 2.05) is 11.8 Å². The lowest BCUT2D eigenvalue weighted by atomic mass is 10.2. The Labute approximate surface area is 124 Å². The van der Waals surface area contributed by atoms with E-state index in [1.165, 1.54) is 0 Å². The lowest BCUT2D eigenvalue weighted by Crippen LogP contribution is -2.48. The molecule has 0 saturated carbocycles. The Bertz CT molecular complexity index is 484. The number of amides is 1. The molecule has 1 aromatic heterocycles. The fourth-order valence-electron chi connectivity index (χ4n) is 2.69. The molecule has 7 heteroatoms. The minimum absolute atomic E-state index is 0.152. The summed E-state index contributed by atoms with van der Waals surface area (Å²) in [7, 11) is 0. The van der Waals surface area contributed by atoms with Crippen LogP contribution in [-0.4, -0.2) is 78.2 Å². The molecule has 0 radical (unpaired) electrons. The van der Waals surface area contributed by atoms with Gasteiger partial charge in [0.05, 0.1) is 32.9 Å². The molecule has 2 aliphatic heterocycles. The molecule has 0 aliphatic carbocycles. The van der Waals surface area contributed by atoms with Crippen LogP contribution >= 0.6 is 0 Å². The van der Waals surface area contributed by atoms with Crippen LogP contribution in [0, 0.1) is 6.92 Å². The Morgan fingerprint density at radius 1 is 1.38 bits per heavy atom. The van der Waals surface area contributed by atoms with Crippen molar-refractivity contribution in [2.24, 2.45) is 0 Å². The number of aromatic nitrogens is 2.